The van der Waals surface area contributed by atoms with E-state index in [0.717, 1.165) is 16.7 Å². The summed E-state index contributed by atoms with van der Waals surface area (Å²) in [5.74, 6) is 0. The van der Waals surface area contributed by atoms with Gasteiger partial charge in [0.2, 0.25) is 0 Å². The molecule has 2 heterocycles. The standard InChI is InChI=1S/C27H28BNO2/c1-17-13-18(2)15-20(14-17)25-24-9-7-19-16-21(8-10-22(19)23(24)11-12-29-25)28-30-26(3,4)27(5,6)31-28/h7-16H,1-6H3. The molecule has 0 spiro atoms. The number of hydrogen-bond acceptors (Lipinski definition) is 3. The Bertz CT molecular complexity index is 1290. The average molecular weight is 409 g/mol. The fourth-order valence-corrected chi connectivity index (χ4v) is 4.48. The lowest BCUT2D eigenvalue weighted by Gasteiger charge is -2.32. The molecule has 5 rings (SSSR count). The summed E-state index contributed by atoms with van der Waals surface area (Å²) in [6.07, 6.45) is 1.91. The third-order valence-corrected chi connectivity index (χ3v) is 6.81. The molecular formula is C27H28BNO2. The first kappa shape index (κ1) is 20.2. The molecule has 0 atom stereocenters. The maximum absolute atomic E-state index is 6.25. The Labute approximate surface area is 184 Å². The number of fused-ring (bicyclic) bond motifs is 3. The maximum Gasteiger partial charge on any atom is 0.494 e. The first-order valence-electron chi connectivity index (χ1n) is 10.9. The second-order valence-electron chi connectivity index (χ2n) is 9.77. The smallest absolute Gasteiger partial charge is 0.399 e. The summed E-state index contributed by atoms with van der Waals surface area (Å²) in [5.41, 5.74) is 5.06. The summed E-state index contributed by atoms with van der Waals surface area (Å²) >= 11 is 0. The maximum atomic E-state index is 6.25. The number of aromatic nitrogens is 1. The van der Waals surface area contributed by atoms with Crippen molar-refractivity contribution in [3.63, 3.8) is 0 Å². The van der Waals surface area contributed by atoms with Crippen LogP contribution in [0.2, 0.25) is 0 Å². The molecule has 4 aromatic rings. The zero-order valence-corrected chi connectivity index (χ0v) is 19.1. The van der Waals surface area contributed by atoms with Gasteiger partial charge in [0.1, 0.15) is 0 Å². The zero-order chi connectivity index (χ0) is 22.0. The molecular weight excluding hydrogens is 381 g/mol. The van der Waals surface area contributed by atoms with E-state index in [2.05, 4.69) is 96.1 Å². The summed E-state index contributed by atoms with van der Waals surface area (Å²) < 4.78 is 12.5. The van der Waals surface area contributed by atoms with Crippen LogP contribution in [0.3, 0.4) is 0 Å². The molecule has 31 heavy (non-hydrogen) atoms. The van der Waals surface area contributed by atoms with Crippen molar-refractivity contribution in [2.75, 3.05) is 0 Å². The molecule has 0 aliphatic carbocycles. The van der Waals surface area contributed by atoms with E-state index in [1.165, 1.54) is 32.7 Å². The quantitative estimate of drug-likeness (QED) is 0.302. The Morgan fingerprint density at radius 1 is 0.710 bits per heavy atom. The number of hydrogen-bond donors (Lipinski definition) is 0. The van der Waals surface area contributed by atoms with Crippen LogP contribution in [0.15, 0.2) is 60.8 Å². The number of rotatable bonds is 2. The van der Waals surface area contributed by atoms with Gasteiger partial charge < -0.3 is 9.31 Å². The molecule has 3 aromatic carbocycles. The Morgan fingerprint density at radius 2 is 1.35 bits per heavy atom. The van der Waals surface area contributed by atoms with Crippen LogP contribution in [0.1, 0.15) is 38.8 Å². The summed E-state index contributed by atoms with van der Waals surface area (Å²) in [7, 11) is -0.353. The van der Waals surface area contributed by atoms with Gasteiger partial charge in [0.05, 0.1) is 16.9 Å². The van der Waals surface area contributed by atoms with Crippen LogP contribution in [0.25, 0.3) is 32.8 Å². The largest absolute Gasteiger partial charge is 0.494 e. The van der Waals surface area contributed by atoms with Crippen molar-refractivity contribution in [1.82, 2.24) is 4.98 Å². The van der Waals surface area contributed by atoms with E-state index in [1.54, 1.807) is 0 Å². The van der Waals surface area contributed by atoms with Crippen molar-refractivity contribution >= 4 is 34.1 Å². The topological polar surface area (TPSA) is 31.4 Å². The van der Waals surface area contributed by atoms with Gasteiger partial charge in [-0.05, 0) is 81.4 Å². The van der Waals surface area contributed by atoms with E-state index in [1.807, 2.05) is 6.20 Å². The fraction of sp³-hybridized carbons (Fsp3) is 0.296. The summed E-state index contributed by atoms with van der Waals surface area (Å²) in [5, 5.41) is 4.77. The molecule has 0 N–H and O–H groups in total. The first-order valence-corrected chi connectivity index (χ1v) is 10.9. The SMILES string of the molecule is Cc1cc(C)cc(-c2nccc3c2ccc2cc(B4OC(C)(C)C(C)(C)O4)ccc23)c1. The molecule has 1 aromatic heterocycles. The number of pyridine rings is 1. The van der Waals surface area contributed by atoms with Gasteiger partial charge in [-0.2, -0.15) is 0 Å². The monoisotopic (exact) mass is 409 g/mol. The normalized spacial score (nSPS) is 17.5. The molecule has 156 valence electrons. The molecule has 1 aliphatic heterocycles. The summed E-state index contributed by atoms with van der Waals surface area (Å²) in [6.45, 7) is 12.6. The Morgan fingerprint density at radius 3 is 2.03 bits per heavy atom. The minimum atomic E-state index is -0.353. The van der Waals surface area contributed by atoms with Crippen molar-refractivity contribution in [1.29, 1.82) is 0 Å². The van der Waals surface area contributed by atoms with E-state index in [-0.39, 0.29) is 18.3 Å². The van der Waals surface area contributed by atoms with Gasteiger partial charge in [-0.1, -0.05) is 47.5 Å². The van der Waals surface area contributed by atoms with Gasteiger partial charge in [-0.3, -0.25) is 4.98 Å². The van der Waals surface area contributed by atoms with Gasteiger partial charge in [0, 0.05) is 17.1 Å². The van der Waals surface area contributed by atoms with Gasteiger partial charge in [-0.15, -0.1) is 0 Å². The van der Waals surface area contributed by atoms with E-state index in [9.17, 15) is 0 Å². The lowest BCUT2D eigenvalue weighted by molar-refractivity contribution is 0.00578. The second-order valence-corrected chi connectivity index (χ2v) is 9.77. The number of aryl methyl sites for hydroxylation is 2. The molecule has 0 unspecified atom stereocenters. The first-order chi connectivity index (χ1) is 14.6. The van der Waals surface area contributed by atoms with Crippen LogP contribution >= 0.6 is 0 Å². The fourth-order valence-electron chi connectivity index (χ4n) is 4.48. The Balaban J connectivity index is 1.62. The molecule has 0 amide bonds. The van der Waals surface area contributed by atoms with E-state index >= 15 is 0 Å². The Kier molecular flexibility index (Phi) is 4.51. The van der Waals surface area contributed by atoms with Crippen molar-refractivity contribution < 1.29 is 9.31 Å². The van der Waals surface area contributed by atoms with Gasteiger partial charge in [0.25, 0.3) is 0 Å². The highest BCUT2D eigenvalue weighted by Gasteiger charge is 2.51. The predicted octanol–water partition coefficient (Wildman–Crippen LogP) is 5.97. The number of benzene rings is 3. The van der Waals surface area contributed by atoms with E-state index < -0.39 is 0 Å². The third kappa shape index (κ3) is 3.35. The average Bonchev–Trinajstić information content (AvgIpc) is 2.93. The van der Waals surface area contributed by atoms with E-state index in [0.29, 0.717) is 0 Å². The van der Waals surface area contributed by atoms with Gasteiger partial charge in [0.15, 0.2) is 0 Å². The van der Waals surface area contributed by atoms with Crippen molar-refractivity contribution in [2.45, 2.75) is 52.7 Å². The molecule has 3 nitrogen and oxygen atoms in total. The second kappa shape index (κ2) is 6.91. The molecule has 1 fully saturated rings. The van der Waals surface area contributed by atoms with Crippen LogP contribution in [0.4, 0.5) is 0 Å². The molecule has 0 radical (unpaired) electrons. The molecule has 4 heteroatoms. The third-order valence-electron chi connectivity index (χ3n) is 6.81. The van der Waals surface area contributed by atoms with Crippen molar-refractivity contribution in [3.8, 4) is 11.3 Å². The van der Waals surface area contributed by atoms with E-state index in [4.69, 9.17) is 14.3 Å². The highest BCUT2D eigenvalue weighted by Crippen LogP contribution is 2.37. The molecule has 0 saturated carbocycles. The van der Waals surface area contributed by atoms with Crippen LogP contribution in [0, 0.1) is 13.8 Å². The lowest BCUT2D eigenvalue weighted by atomic mass is 9.78. The van der Waals surface area contributed by atoms with Gasteiger partial charge >= 0.3 is 7.12 Å². The van der Waals surface area contributed by atoms with Crippen LogP contribution in [0.5, 0.6) is 0 Å². The van der Waals surface area contributed by atoms with Crippen LogP contribution < -0.4 is 5.46 Å². The minimum absolute atomic E-state index is 0.345. The van der Waals surface area contributed by atoms with Crippen LogP contribution in [-0.2, 0) is 9.31 Å². The molecule has 0 bridgehead atoms. The number of nitrogens with zero attached hydrogens (tertiary/aromatic N) is 1. The predicted molar refractivity (Wildman–Crippen MR) is 130 cm³/mol. The van der Waals surface area contributed by atoms with Crippen LogP contribution in [-0.4, -0.2) is 23.3 Å². The highest BCUT2D eigenvalue weighted by atomic mass is 16.7. The zero-order valence-electron chi connectivity index (χ0n) is 19.1. The van der Waals surface area contributed by atoms with Crippen molar-refractivity contribution in [2.24, 2.45) is 0 Å². The van der Waals surface area contributed by atoms with Gasteiger partial charge in [-0.25, -0.2) is 0 Å². The summed E-state index contributed by atoms with van der Waals surface area (Å²) in [4.78, 5) is 4.74. The molecule has 1 saturated heterocycles. The Hall–Kier alpha value is -2.69. The lowest BCUT2D eigenvalue weighted by Crippen LogP contribution is -2.41. The highest BCUT2D eigenvalue weighted by molar-refractivity contribution is 6.62. The molecule has 1 aliphatic rings. The summed E-state index contributed by atoms with van der Waals surface area (Å²) in [6, 6.07) is 19.6. The van der Waals surface area contributed by atoms with Crippen molar-refractivity contribution in [3.05, 3.63) is 71.9 Å². The minimum Gasteiger partial charge on any atom is -0.399 e.